The molecule has 0 fully saturated rings. The van der Waals surface area contributed by atoms with Crippen molar-refractivity contribution < 1.29 is 30.3 Å². The highest BCUT2D eigenvalue weighted by Crippen LogP contribution is 2.14. The average molecular weight is 343 g/mol. The smallest absolute Gasteiger partial charge is 0.164 e. The number of halogens is 1. The van der Waals surface area contributed by atoms with Gasteiger partial charge in [0.1, 0.15) is 29.4 Å². The van der Waals surface area contributed by atoms with E-state index in [1.165, 1.54) is 0 Å². The molecule has 0 aromatic rings. The van der Waals surface area contributed by atoms with E-state index < -0.39 is 35.2 Å². The molecule has 19 heavy (non-hydrogen) atoms. The van der Waals surface area contributed by atoms with E-state index in [1.807, 2.05) is 6.92 Å². The number of unbranched alkanes of at least 4 members (excludes halogenated alkanes) is 3. The largest absolute Gasteiger partial charge is 0.387 e. The van der Waals surface area contributed by atoms with Crippen LogP contribution < -0.4 is 0 Å². The quantitative estimate of drug-likeness (QED) is 0.274. The number of carbonyl (C=O) groups excluding carboxylic acids is 1. The van der Waals surface area contributed by atoms with Crippen LogP contribution in [0.25, 0.3) is 0 Å². The van der Waals surface area contributed by atoms with E-state index in [1.54, 1.807) is 0 Å². The highest BCUT2D eigenvalue weighted by Gasteiger charge is 2.36. The molecule has 5 atom stereocenters. The van der Waals surface area contributed by atoms with Crippen LogP contribution in [0.5, 0.6) is 0 Å². The Kier molecular flexibility index (Phi) is 9.77. The van der Waals surface area contributed by atoms with Crippen molar-refractivity contribution in [2.24, 2.45) is 0 Å². The number of Topliss-reactive ketones (excluding diaryl/α,β-unsaturated/α-hetero) is 1. The number of alkyl halides is 1. The second kappa shape index (κ2) is 9.79. The van der Waals surface area contributed by atoms with Gasteiger partial charge in [0.15, 0.2) is 5.78 Å². The maximum absolute atomic E-state index is 11.6. The lowest BCUT2D eigenvalue weighted by Crippen LogP contribution is -2.50. The topological polar surface area (TPSA) is 118 Å². The summed E-state index contributed by atoms with van der Waals surface area (Å²) in [4.78, 5) is 11.6. The van der Waals surface area contributed by atoms with Gasteiger partial charge in [-0.15, -0.1) is 0 Å². The van der Waals surface area contributed by atoms with Crippen molar-refractivity contribution in [3.8, 4) is 0 Å². The minimum atomic E-state index is -1.83. The lowest BCUT2D eigenvalue weighted by atomic mass is 9.97. The summed E-state index contributed by atoms with van der Waals surface area (Å²) in [6.07, 6.45) is -3.53. The van der Waals surface area contributed by atoms with Gasteiger partial charge in [0.25, 0.3) is 0 Å². The summed E-state index contributed by atoms with van der Waals surface area (Å²) in [6, 6.07) is 0. The van der Waals surface area contributed by atoms with E-state index in [-0.39, 0.29) is 6.42 Å². The molecule has 0 amide bonds. The lowest BCUT2D eigenvalue weighted by Gasteiger charge is -2.26. The number of aliphatic hydroxyl groups is 5. The second-order valence-corrected chi connectivity index (χ2v) is 5.50. The third-order valence-corrected chi connectivity index (χ3v) is 3.45. The molecule has 0 bridgehead atoms. The lowest BCUT2D eigenvalue weighted by molar-refractivity contribution is -0.148. The van der Waals surface area contributed by atoms with Crippen LogP contribution in [0.2, 0.25) is 0 Å². The number of hydrogen-bond acceptors (Lipinski definition) is 6. The molecule has 0 radical (unpaired) electrons. The van der Waals surface area contributed by atoms with E-state index in [4.69, 9.17) is 5.11 Å². The molecule has 114 valence electrons. The van der Waals surface area contributed by atoms with Gasteiger partial charge in [0.05, 0.1) is 0 Å². The predicted octanol–water partition coefficient (Wildman–Crippen LogP) is -0.317. The van der Waals surface area contributed by atoms with E-state index in [9.17, 15) is 25.2 Å². The van der Waals surface area contributed by atoms with Crippen molar-refractivity contribution >= 4 is 21.7 Å². The molecule has 0 rings (SSSR count). The Morgan fingerprint density at radius 2 is 1.53 bits per heavy atom. The number of carbonyl (C=O) groups is 1. The Morgan fingerprint density at radius 1 is 0.947 bits per heavy atom. The minimum absolute atomic E-state index is 0.109. The van der Waals surface area contributed by atoms with Crippen molar-refractivity contribution in [2.75, 3.05) is 0 Å². The summed E-state index contributed by atoms with van der Waals surface area (Å²) in [5.41, 5.74) is 0. The van der Waals surface area contributed by atoms with Crippen LogP contribution >= 0.6 is 15.9 Å². The summed E-state index contributed by atoms with van der Waals surface area (Å²) in [5, 5.41) is 45.5. The number of rotatable bonds is 10. The standard InChI is InChI=1S/C12H23BrO6/c1-2-3-4-5-6-7(14)8(15)9(16)10(17)11(18)12(13)19/h8-12,15-19H,2-6H2,1H3/t8-,9-,10+,11+,12?/m1/s1. The first kappa shape index (κ1) is 18.9. The average Bonchev–Trinajstić information content (AvgIpc) is 2.39. The first-order valence-corrected chi connectivity index (χ1v) is 7.31. The number of hydrogen-bond donors (Lipinski definition) is 5. The molecule has 0 aliphatic heterocycles. The zero-order valence-electron chi connectivity index (χ0n) is 10.9. The maximum Gasteiger partial charge on any atom is 0.164 e. The SMILES string of the molecule is CCCCCCC(=O)[C@@H](O)[C@@H](O)[C@H](O)[C@H](O)C(O)Br. The van der Waals surface area contributed by atoms with E-state index >= 15 is 0 Å². The Bertz CT molecular complexity index is 261. The van der Waals surface area contributed by atoms with E-state index in [0.717, 1.165) is 19.3 Å². The van der Waals surface area contributed by atoms with Crippen LogP contribution in [0, 0.1) is 0 Å². The Hall–Kier alpha value is -0.0500. The van der Waals surface area contributed by atoms with Crippen molar-refractivity contribution in [3.05, 3.63) is 0 Å². The maximum atomic E-state index is 11.6. The molecule has 0 aromatic carbocycles. The highest BCUT2D eigenvalue weighted by atomic mass is 79.9. The van der Waals surface area contributed by atoms with Gasteiger partial charge in [0.2, 0.25) is 0 Å². The fourth-order valence-electron chi connectivity index (χ4n) is 1.62. The summed E-state index contributed by atoms with van der Waals surface area (Å²) >= 11 is 2.62. The fraction of sp³-hybridized carbons (Fsp3) is 0.917. The minimum Gasteiger partial charge on any atom is -0.387 e. The summed E-state index contributed by atoms with van der Waals surface area (Å²) in [6.45, 7) is 2.03. The van der Waals surface area contributed by atoms with Crippen LogP contribution in [-0.4, -0.2) is 60.7 Å². The fourth-order valence-corrected chi connectivity index (χ4v) is 1.93. The zero-order valence-corrected chi connectivity index (χ0v) is 12.5. The molecule has 1 unspecified atom stereocenters. The van der Waals surface area contributed by atoms with Crippen molar-refractivity contribution in [2.45, 2.75) is 68.5 Å². The van der Waals surface area contributed by atoms with E-state index in [0.29, 0.717) is 6.42 Å². The van der Waals surface area contributed by atoms with Gasteiger partial charge in [0, 0.05) is 6.42 Å². The molecule has 5 N–H and O–H groups in total. The molecule has 7 heteroatoms. The van der Waals surface area contributed by atoms with Crippen LogP contribution in [0.1, 0.15) is 39.0 Å². The third kappa shape index (κ3) is 6.78. The molecule has 0 saturated heterocycles. The molecular weight excluding hydrogens is 320 g/mol. The predicted molar refractivity (Wildman–Crippen MR) is 72.7 cm³/mol. The molecule has 0 heterocycles. The van der Waals surface area contributed by atoms with Gasteiger partial charge in [-0.3, -0.25) is 4.79 Å². The van der Waals surface area contributed by atoms with Crippen LogP contribution in [0.3, 0.4) is 0 Å². The second-order valence-electron chi connectivity index (χ2n) is 4.57. The molecule has 0 saturated carbocycles. The van der Waals surface area contributed by atoms with Gasteiger partial charge in [-0.1, -0.05) is 42.1 Å². The Morgan fingerprint density at radius 3 is 2.00 bits per heavy atom. The molecule has 0 aliphatic rings. The van der Waals surface area contributed by atoms with Crippen molar-refractivity contribution in [1.82, 2.24) is 0 Å². The van der Waals surface area contributed by atoms with Crippen LogP contribution in [0.4, 0.5) is 0 Å². The Balaban J connectivity index is 4.23. The molecule has 6 nitrogen and oxygen atoms in total. The van der Waals surface area contributed by atoms with Gasteiger partial charge in [-0.25, -0.2) is 0 Å². The van der Waals surface area contributed by atoms with Crippen molar-refractivity contribution in [1.29, 1.82) is 0 Å². The Labute approximate surface area is 121 Å². The summed E-state index contributed by atoms with van der Waals surface area (Å²) in [7, 11) is 0. The first-order chi connectivity index (χ1) is 8.82. The third-order valence-electron chi connectivity index (χ3n) is 2.91. The van der Waals surface area contributed by atoms with Gasteiger partial charge < -0.3 is 25.5 Å². The van der Waals surface area contributed by atoms with Crippen LogP contribution in [0.15, 0.2) is 0 Å². The monoisotopic (exact) mass is 342 g/mol. The van der Waals surface area contributed by atoms with Gasteiger partial charge in [-0.05, 0) is 6.42 Å². The molecular formula is C12H23BrO6. The van der Waals surface area contributed by atoms with E-state index in [2.05, 4.69) is 15.9 Å². The number of aliphatic hydroxyl groups excluding tert-OH is 5. The van der Waals surface area contributed by atoms with Gasteiger partial charge >= 0.3 is 0 Å². The summed E-state index contributed by atoms with van der Waals surface area (Å²) in [5.74, 6) is -0.584. The first-order valence-electron chi connectivity index (χ1n) is 6.40. The molecule has 0 aliphatic carbocycles. The summed E-state index contributed by atoms with van der Waals surface area (Å²) < 4.78 is 0. The van der Waals surface area contributed by atoms with Crippen molar-refractivity contribution in [3.63, 3.8) is 0 Å². The normalized spacial score (nSPS) is 19.5. The number of ketones is 1. The highest BCUT2D eigenvalue weighted by molar-refractivity contribution is 9.09. The van der Waals surface area contributed by atoms with Gasteiger partial charge in [-0.2, -0.15) is 0 Å². The zero-order chi connectivity index (χ0) is 15.0. The van der Waals surface area contributed by atoms with Crippen LogP contribution in [-0.2, 0) is 4.79 Å². The molecule has 0 spiro atoms. The molecule has 0 aromatic heterocycles.